The highest BCUT2D eigenvalue weighted by atomic mass is 32.2. The average molecular weight is 669 g/mol. The molecule has 1 aliphatic heterocycles. The number of aliphatic carboxylic acids is 1. The van der Waals surface area contributed by atoms with Crippen molar-refractivity contribution in [3.05, 3.63) is 119 Å². The number of thioether (sulfide) groups is 1. The lowest BCUT2D eigenvalue weighted by Crippen LogP contribution is -2.31. The molecule has 1 heterocycles. The van der Waals surface area contributed by atoms with Gasteiger partial charge in [0.1, 0.15) is 0 Å². The maximum Gasteiger partial charge on any atom is 0.303 e. The van der Waals surface area contributed by atoms with Gasteiger partial charge in [-0.2, -0.15) is 0 Å². The third kappa shape index (κ3) is 10.0. The van der Waals surface area contributed by atoms with Gasteiger partial charge in [0.2, 0.25) is 11.8 Å². The lowest BCUT2D eigenvalue weighted by Gasteiger charge is -2.36. The van der Waals surface area contributed by atoms with Crippen LogP contribution in [-0.2, 0) is 37.0 Å². The summed E-state index contributed by atoms with van der Waals surface area (Å²) in [6.07, 6.45) is 0.200. The van der Waals surface area contributed by atoms with Gasteiger partial charge in [0, 0.05) is 54.6 Å². The van der Waals surface area contributed by atoms with Crippen LogP contribution in [0.5, 0.6) is 0 Å². The smallest absolute Gasteiger partial charge is 0.303 e. The van der Waals surface area contributed by atoms with Crippen molar-refractivity contribution >= 4 is 35.2 Å². The molecule has 0 bridgehead atoms. The molecule has 4 aromatic carbocycles. The number of hydrogen-bond acceptors (Lipinski definition) is 7. The number of benzene rings is 4. The normalized spacial score (nSPS) is 17.4. The van der Waals surface area contributed by atoms with E-state index >= 15 is 0 Å². The number of amides is 2. The molecule has 0 aliphatic carbocycles. The summed E-state index contributed by atoms with van der Waals surface area (Å²) in [5.74, 6) is -0.488. The van der Waals surface area contributed by atoms with Gasteiger partial charge in [0.05, 0.1) is 18.8 Å². The third-order valence-corrected chi connectivity index (χ3v) is 9.15. The van der Waals surface area contributed by atoms with Crippen LogP contribution in [0.2, 0.25) is 0 Å². The van der Waals surface area contributed by atoms with Crippen LogP contribution in [0.25, 0.3) is 11.1 Å². The van der Waals surface area contributed by atoms with E-state index in [2.05, 4.69) is 10.6 Å². The lowest BCUT2D eigenvalue weighted by atomic mass is 9.97. The van der Waals surface area contributed by atoms with Gasteiger partial charge in [-0.1, -0.05) is 72.8 Å². The largest absolute Gasteiger partial charge is 0.481 e. The number of ether oxygens (including phenoxy) is 2. The van der Waals surface area contributed by atoms with Crippen LogP contribution in [0.3, 0.4) is 0 Å². The highest BCUT2D eigenvalue weighted by Gasteiger charge is 2.32. The molecule has 0 spiro atoms. The molecule has 9 nitrogen and oxygen atoms in total. The van der Waals surface area contributed by atoms with E-state index in [1.54, 1.807) is 11.8 Å². The zero-order chi connectivity index (χ0) is 33.9. The molecule has 1 aliphatic rings. The Balaban J connectivity index is 1.28. The Morgan fingerprint density at radius 1 is 0.854 bits per heavy atom. The monoisotopic (exact) mass is 668 g/mol. The summed E-state index contributed by atoms with van der Waals surface area (Å²) in [5.41, 5.74) is 6.42. The van der Waals surface area contributed by atoms with Crippen molar-refractivity contribution < 1.29 is 34.1 Å². The zero-order valence-corrected chi connectivity index (χ0v) is 27.6. The Bertz CT molecular complexity index is 1680. The Kier molecular flexibility index (Phi) is 12.4. The second-order valence-electron chi connectivity index (χ2n) is 11.7. The second-order valence-corrected chi connectivity index (χ2v) is 12.8. The van der Waals surface area contributed by atoms with Gasteiger partial charge in [-0.3, -0.25) is 14.4 Å². The molecular formula is C38H40N2O7S. The molecule has 0 aromatic heterocycles. The molecule has 3 atom stereocenters. The number of carbonyl (C=O) groups excluding carboxylic acids is 2. The fraction of sp³-hybridized carbons (Fsp3) is 0.289. The SMILES string of the molecule is CC(=O)Nc1ccc(SC[C@@H]2C[C@H](c3ccc(CO)cc3)O[C@H](c3ccc(-c4ccccc4CNC(=O)CCCC(=O)O)cc3)O2)cc1. The molecule has 2 amide bonds. The average Bonchev–Trinajstić information content (AvgIpc) is 3.10. The van der Waals surface area contributed by atoms with Gasteiger partial charge in [0.25, 0.3) is 0 Å². The van der Waals surface area contributed by atoms with Crippen molar-refractivity contribution in [1.82, 2.24) is 5.32 Å². The summed E-state index contributed by atoms with van der Waals surface area (Å²) in [4.78, 5) is 35.5. The highest BCUT2D eigenvalue weighted by molar-refractivity contribution is 7.99. The maximum absolute atomic E-state index is 12.3. The van der Waals surface area contributed by atoms with Gasteiger partial charge < -0.3 is 30.3 Å². The minimum absolute atomic E-state index is 0.0217. The number of aliphatic hydroxyl groups is 1. The lowest BCUT2D eigenvalue weighted by molar-refractivity contribution is -0.245. The molecule has 1 fully saturated rings. The van der Waals surface area contributed by atoms with E-state index in [1.807, 2.05) is 97.1 Å². The first-order valence-corrected chi connectivity index (χ1v) is 16.9. The number of hydrogen-bond donors (Lipinski definition) is 4. The van der Waals surface area contributed by atoms with E-state index < -0.39 is 12.3 Å². The molecule has 5 rings (SSSR count). The van der Waals surface area contributed by atoms with Gasteiger partial charge in [-0.15, -0.1) is 11.8 Å². The van der Waals surface area contributed by atoms with Crippen molar-refractivity contribution in [2.75, 3.05) is 11.1 Å². The fourth-order valence-corrected chi connectivity index (χ4v) is 6.43. The molecule has 10 heteroatoms. The number of carbonyl (C=O) groups is 3. The quantitative estimate of drug-likeness (QED) is 0.105. The first-order chi connectivity index (χ1) is 23.3. The van der Waals surface area contributed by atoms with E-state index in [4.69, 9.17) is 14.6 Å². The Morgan fingerprint density at radius 2 is 1.56 bits per heavy atom. The third-order valence-electron chi connectivity index (χ3n) is 8.01. The Labute approximate surface area is 284 Å². The van der Waals surface area contributed by atoms with Crippen LogP contribution in [0.1, 0.15) is 67.3 Å². The van der Waals surface area contributed by atoms with Gasteiger partial charge in [-0.25, -0.2) is 0 Å². The van der Waals surface area contributed by atoms with Crippen LogP contribution >= 0.6 is 11.8 Å². The van der Waals surface area contributed by atoms with Crippen molar-refractivity contribution in [2.45, 2.75) is 69.2 Å². The van der Waals surface area contributed by atoms with E-state index in [1.165, 1.54) is 6.92 Å². The summed E-state index contributed by atoms with van der Waals surface area (Å²) >= 11 is 1.69. The van der Waals surface area contributed by atoms with E-state index in [0.29, 0.717) is 25.1 Å². The first kappa shape index (κ1) is 34.8. The molecule has 4 aromatic rings. The number of aliphatic hydroxyl groups excluding tert-OH is 1. The minimum Gasteiger partial charge on any atom is -0.481 e. The fourth-order valence-electron chi connectivity index (χ4n) is 5.51. The standard InChI is InChI=1S/C38H40N2O7S/c1-25(42)40-31-17-19-33(20-18-31)48-24-32-21-35(28-11-9-26(23-41)10-12-28)47-38(46-32)29-15-13-27(14-16-29)34-6-3-2-5-30(34)22-39-36(43)7-4-8-37(44)45/h2-3,5-6,9-20,32,35,38,41H,4,7-8,21-24H2,1H3,(H,39,43)(H,40,42)(H,44,45)/t32-,35+,38+/m0/s1. The number of carboxylic acids is 1. The Hall–Kier alpha value is -4.48. The molecular weight excluding hydrogens is 628 g/mol. The number of nitrogens with one attached hydrogen (secondary N) is 2. The number of rotatable bonds is 14. The first-order valence-electron chi connectivity index (χ1n) is 15.9. The Morgan fingerprint density at radius 3 is 2.25 bits per heavy atom. The van der Waals surface area contributed by atoms with Crippen molar-refractivity contribution in [3.8, 4) is 11.1 Å². The van der Waals surface area contributed by atoms with Crippen LogP contribution in [-0.4, -0.2) is 39.9 Å². The molecule has 250 valence electrons. The molecule has 0 saturated carbocycles. The van der Waals surface area contributed by atoms with Crippen molar-refractivity contribution in [1.29, 1.82) is 0 Å². The highest BCUT2D eigenvalue weighted by Crippen LogP contribution is 2.40. The maximum atomic E-state index is 12.3. The molecule has 0 unspecified atom stereocenters. The van der Waals surface area contributed by atoms with Gasteiger partial charge >= 0.3 is 5.97 Å². The molecule has 4 N–H and O–H groups in total. The molecule has 0 radical (unpaired) electrons. The van der Waals surface area contributed by atoms with Gasteiger partial charge in [-0.05, 0) is 58.5 Å². The van der Waals surface area contributed by atoms with Crippen LogP contribution < -0.4 is 10.6 Å². The predicted octanol–water partition coefficient (Wildman–Crippen LogP) is 7.01. The van der Waals surface area contributed by atoms with Gasteiger partial charge in [0.15, 0.2) is 6.29 Å². The number of anilines is 1. The van der Waals surface area contributed by atoms with E-state index in [-0.39, 0.29) is 43.5 Å². The summed E-state index contributed by atoms with van der Waals surface area (Å²) in [6.45, 7) is 1.80. The van der Waals surface area contributed by atoms with Crippen LogP contribution in [0, 0.1) is 0 Å². The predicted molar refractivity (Wildman–Crippen MR) is 185 cm³/mol. The zero-order valence-electron chi connectivity index (χ0n) is 26.8. The summed E-state index contributed by atoms with van der Waals surface area (Å²) in [5, 5.41) is 24.0. The second kappa shape index (κ2) is 17.1. The van der Waals surface area contributed by atoms with E-state index in [0.717, 1.165) is 44.0 Å². The molecule has 48 heavy (non-hydrogen) atoms. The number of carboxylic acid groups (broad SMARTS) is 1. The van der Waals surface area contributed by atoms with Crippen LogP contribution in [0.4, 0.5) is 5.69 Å². The van der Waals surface area contributed by atoms with Crippen molar-refractivity contribution in [2.24, 2.45) is 0 Å². The minimum atomic E-state index is -0.909. The summed E-state index contributed by atoms with van der Waals surface area (Å²) in [6, 6.07) is 31.5. The molecule has 1 saturated heterocycles. The summed E-state index contributed by atoms with van der Waals surface area (Å²) < 4.78 is 13.1. The van der Waals surface area contributed by atoms with Crippen LogP contribution in [0.15, 0.2) is 102 Å². The topological polar surface area (TPSA) is 134 Å². The summed E-state index contributed by atoms with van der Waals surface area (Å²) in [7, 11) is 0. The van der Waals surface area contributed by atoms with E-state index in [9.17, 15) is 19.5 Å². The van der Waals surface area contributed by atoms with Crippen molar-refractivity contribution in [3.63, 3.8) is 0 Å².